The molecule has 140 valence electrons. The number of hydrogen-bond donors (Lipinski definition) is 0. The second-order valence-electron chi connectivity index (χ2n) is 5.14. The first kappa shape index (κ1) is 19.8. The number of halogens is 1. The standard InChI is InChI=1S/C20H18FNO5/c1-24-19-14-15(6-8-18(19)25-11-10-22)7-9-20(23)27-13-12-26-17-5-3-2-4-16(17)21/h2-9,14H,11-13H2,1H3/b9-7+. The van der Waals surface area contributed by atoms with E-state index in [4.69, 9.17) is 24.2 Å². The fourth-order valence-electron chi connectivity index (χ4n) is 2.09. The topological polar surface area (TPSA) is 77.8 Å². The molecule has 0 aliphatic carbocycles. The molecule has 0 aliphatic rings. The molecule has 0 saturated heterocycles. The van der Waals surface area contributed by atoms with E-state index in [2.05, 4.69) is 0 Å². The number of esters is 1. The van der Waals surface area contributed by atoms with E-state index >= 15 is 0 Å². The van der Waals surface area contributed by atoms with Crippen LogP contribution < -0.4 is 14.2 Å². The normalized spacial score (nSPS) is 10.3. The molecule has 6 nitrogen and oxygen atoms in total. The number of nitriles is 1. The van der Waals surface area contributed by atoms with Gasteiger partial charge >= 0.3 is 5.97 Å². The number of carbonyl (C=O) groups excluding carboxylic acids is 1. The van der Waals surface area contributed by atoms with Crippen LogP contribution in [0, 0.1) is 17.1 Å². The minimum atomic E-state index is -0.559. The van der Waals surface area contributed by atoms with Gasteiger partial charge in [0.1, 0.15) is 19.3 Å². The zero-order valence-corrected chi connectivity index (χ0v) is 14.7. The summed E-state index contributed by atoms with van der Waals surface area (Å²) in [6.07, 6.45) is 2.81. The van der Waals surface area contributed by atoms with Crippen LogP contribution in [0.15, 0.2) is 48.5 Å². The van der Waals surface area contributed by atoms with Gasteiger partial charge in [-0.25, -0.2) is 9.18 Å². The molecule has 0 aromatic heterocycles. The van der Waals surface area contributed by atoms with Crippen molar-refractivity contribution in [2.75, 3.05) is 26.9 Å². The number of rotatable bonds is 9. The van der Waals surface area contributed by atoms with Crippen LogP contribution >= 0.6 is 0 Å². The maximum absolute atomic E-state index is 13.4. The summed E-state index contributed by atoms with van der Waals surface area (Å²) in [7, 11) is 1.48. The lowest BCUT2D eigenvalue weighted by Crippen LogP contribution is -2.10. The molecule has 2 aromatic rings. The SMILES string of the molecule is COc1cc(/C=C/C(=O)OCCOc2ccccc2F)ccc1OCC#N. The Balaban J connectivity index is 1.82. The average molecular weight is 371 g/mol. The molecular formula is C20H18FNO5. The summed E-state index contributed by atoms with van der Waals surface area (Å²) in [6.45, 7) is -0.0617. The van der Waals surface area contributed by atoms with Crippen molar-refractivity contribution in [3.05, 3.63) is 59.9 Å². The molecule has 0 bridgehead atoms. The molecule has 2 rings (SSSR count). The minimum Gasteiger partial charge on any atom is -0.493 e. The summed E-state index contributed by atoms with van der Waals surface area (Å²) in [6, 6.07) is 12.9. The lowest BCUT2D eigenvalue weighted by atomic mass is 10.2. The number of hydrogen-bond acceptors (Lipinski definition) is 6. The fraction of sp³-hybridized carbons (Fsp3) is 0.200. The van der Waals surface area contributed by atoms with Crippen LogP contribution in [0.25, 0.3) is 6.08 Å². The average Bonchev–Trinajstić information content (AvgIpc) is 2.69. The van der Waals surface area contributed by atoms with E-state index < -0.39 is 11.8 Å². The van der Waals surface area contributed by atoms with Gasteiger partial charge in [0, 0.05) is 6.08 Å². The highest BCUT2D eigenvalue weighted by atomic mass is 19.1. The molecule has 0 saturated carbocycles. The maximum atomic E-state index is 13.4. The summed E-state index contributed by atoms with van der Waals surface area (Å²) in [5, 5.41) is 8.55. The van der Waals surface area contributed by atoms with Crippen LogP contribution in [0.3, 0.4) is 0 Å². The number of carbonyl (C=O) groups is 1. The van der Waals surface area contributed by atoms with Crippen molar-refractivity contribution >= 4 is 12.0 Å². The van der Waals surface area contributed by atoms with Crippen molar-refractivity contribution in [2.45, 2.75) is 0 Å². The zero-order valence-electron chi connectivity index (χ0n) is 14.7. The van der Waals surface area contributed by atoms with Gasteiger partial charge < -0.3 is 18.9 Å². The Morgan fingerprint density at radius 1 is 1.11 bits per heavy atom. The third-order valence-corrected chi connectivity index (χ3v) is 3.31. The predicted molar refractivity (Wildman–Crippen MR) is 96.0 cm³/mol. The molecule has 2 aromatic carbocycles. The second kappa shape index (κ2) is 10.5. The number of benzene rings is 2. The molecule has 27 heavy (non-hydrogen) atoms. The number of para-hydroxylation sites is 1. The summed E-state index contributed by atoms with van der Waals surface area (Å²) < 4.78 is 34.0. The first-order valence-electron chi connectivity index (χ1n) is 8.04. The van der Waals surface area contributed by atoms with Crippen molar-refractivity contribution in [2.24, 2.45) is 0 Å². The van der Waals surface area contributed by atoms with Crippen molar-refractivity contribution in [3.8, 4) is 23.3 Å². The molecule has 0 fully saturated rings. The van der Waals surface area contributed by atoms with Gasteiger partial charge in [0.2, 0.25) is 0 Å². The monoisotopic (exact) mass is 371 g/mol. The summed E-state index contributed by atoms with van der Waals surface area (Å²) in [4.78, 5) is 11.7. The second-order valence-corrected chi connectivity index (χ2v) is 5.14. The lowest BCUT2D eigenvalue weighted by molar-refractivity contribution is -0.138. The number of methoxy groups -OCH3 is 1. The molecule has 0 unspecified atom stereocenters. The van der Waals surface area contributed by atoms with Gasteiger partial charge in [-0.05, 0) is 35.9 Å². The van der Waals surface area contributed by atoms with E-state index in [9.17, 15) is 9.18 Å². The number of nitrogens with zero attached hydrogens (tertiary/aromatic N) is 1. The quantitative estimate of drug-likeness (QED) is 0.382. The van der Waals surface area contributed by atoms with Gasteiger partial charge in [0.15, 0.2) is 29.7 Å². The molecule has 0 N–H and O–H groups in total. The molecular weight excluding hydrogens is 353 g/mol. The predicted octanol–water partition coefficient (Wildman–Crippen LogP) is 3.37. The molecule has 0 aliphatic heterocycles. The van der Waals surface area contributed by atoms with Gasteiger partial charge in [-0.3, -0.25) is 0 Å². The number of ether oxygens (including phenoxy) is 4. The van der Waals surface area contributed by atoms with Crippen LogP contribution in [0.2, 0.25) is 0 Å². The summed E-state index contributed by atoms with van der Waals surface area (Å²) >= 11 is 0. The largest absolute Gasteiger partial charge is 0.493 e. The van der Waals surface area contributed by atoms with E-state index in [0.717, 1.165) is 0 Å². The van der Waals surface area contributed by atoms with Crippen molar-refractivity contribution in [1.29, 1.82) is 5.26 Å². The van der Waals surface area contributed by atoms with Crippen LogP contribution in [0.4, 0.5) is 4.39 Å². The molecule has 0 spiro atoms. The first-order chi connectivity index (χ1) is 13.1. The highest BCUT2D eigenvalue weighted by Crippen LogP contribution is 2.28. The molecule has 0 atom stereocenters. The Morgan fingerprint density at radius 3 is 2.67 bits per heavy atom. The van der Waals surface area contributed by atoms with Gasteiger partial charge in [0.05, 0.1) is 7.11 Å². The molecule has 7 heteroatoms. The Labute approximate surface area is 156 Å². The van der Waals surface area contributed by atoms with Crippen LogP contribution in [0.1, 0.15) is 5.56 Å². The van der Waals surface area contributed by atoms with E-state index in [1.807, 2.05) is 6.07 Å². The van der Waals surface area contributed by atoms with E-state index in [1.165, 1.54) is 25.3 Å². The van der Waals surface area contributed by atoms with Crippen LogP contribution in [-0.4, -0.2) is 32.9 Å². The Morgan fingerprint density at radius 2 is 1.93 bits per heavy atom. The van der Waals surface area contributed by atoms with Gasteiger partial charge in [-0.1, -0.05) is 18.2 Å². The third-order valence-electron chi connectivity index (χ3n) is 3.31. The summed E-state index contributed by atoms with van der Waals surface area (Å²) in [5.74, 6) is -0.0474. The van der Waals surface area contributed by atoms with Crippen molar-refractivity contribution in [1.82, 2.24) is 0 Å². The van der Waals surface area contributed by atoms with Gasteiger partial charge in [-0.15, -0.1) is 0 Å². The Hall–Kier alpha value is -3.53. The Bertz CT molecular complexity index is 845. The molecule has 0 radical (unpaired) electrons. The van der Waals surface area contributed by atoms with Crippen molar-refractivity contribution < 1.29 is 28.1 Å². The van der Waals surface area contributed by atoms with Gasteiger partial charge in [-0.2, -0.15) is 5.26 Å². The third kappa shape index (κ3) is 6.36. The summed E-state index contributed by atoms with van der Waals surface area (Å²) in [5.41, 5.74) is 0.690. The van der Waals surface area contributed by atoms with Crippen LogP contribution in [0.5, 0.6) is 17.2 Å². The van der Waals surface area contributed by atoms with E-state index in [1.54, 1.807) is 36.4 Å². The highest BCUT2D eigenvalue weighted by molar-refractivity contribution is 5.87. The smallest absolute Gasteiger partial charge is 0.330 e. The Kier molecular flexibility index (Phi) is 7.67. The van der Waals surface area contributed by atoms with E-state index in [-0.39, 0.29) is 25.6 Å². The first-order valence-corrected chi connectivity index (χ1v) is 8.04. The minimum absolute atomic E-state index is 0.0121. The fourth-order valence-corrected chi connectivity index (χ4v) is 2.09. The van der Waals surface area contributed by atoms with Crippen LogP contribution in [-0.2, 0) is 9.53 Å². The van der Waals surface area contributed by atoms with Gasteiger partial charge in [0.25, 0.3) is 0 Å². The maximum Gasteiger partial charge on any atom is 0.330 e. The zero-order chi connectivity index (χ0) is 19.5. The highest BCUT2D eigenvalue weighted by Gasteiger charge is 2.05. The van der Waals surface area contributed by atoms with Crippen molar-refractivity contribution in [3.63, 3.8) is 0 Å². The molecule has 0 amide bonds. The lowest BCUT2D eigenvalue weighted by Gasteiger charge is -2.09. The van der Waals surface area contributed by atoms with E-state index in [0.29, 0.717) is 17.1 Å². The molecule has 0 heterocycles.